The highest BCUT2D eigenvalue weighted by Gasteiger charge is 1.86. The molecule has 0 saturated heterocycles. The molecule has 0 N–H and O–H groups in total. The van der Waals surface area contributed by atoms with Gasteiger partial charge in [0.15, 0.2) is 0 Å². The molecule has 0 amide bonds. The first-order chi connectivity index (χ1) is 4.39. The highest BCUT2D eigenvalue weighted by atomic mass is 35.5. The van der Waals surface area contributed by atoms with E-state index in [1.165, 1.54) is 0 Å². The van der Waals surface area contributed by atoms with Crippen molar-refractivity contribution < 1.29 is 0 Å². The van der Waals surface area contributed by atoms with Crippen LogP contribution in [0.5, 0.6) is 0 Å². The van der Waals surface area contributed by atoms with Gasteiger partial charge in [0.1, 0.15) is 0 Å². The van der Waals surface area contributed by atoms with Crippen LogP contribution in [0.15, 0.2) is 22.1 Å². The van der Waals surface area contributed by atoms with E-state index in [9.17, 15) is 0 Å². The van der Waals surface area contributed by atoms with Crippen LogP contribution in [0.3, 0.4) is 0 Å². The minimum atomic E-state index is 0.347. The molecule has 0 spiro atoms. The summed E-state index contributed by atoms with van der Waals surface area (Å²) in [6.07, 6.45) is 6.57. The van der Waals surface area contributed by atoms with E-state index in [0.29, 0.717) is 11.8 Å². The van der Waals surface area contributed by atoms with E-state index in [-0.39, 0.29) is 0 Å². The van der Waals surface area contributed by atoms with Crippen molar-refractivity contribution in [2.24, 2.45) is 9.98 Å². The zero-order chi connectivity index (χ0) is 6.53. The fraction of sp³-hybridized carbons (Fsp3) is 0.333. The zero-order valence-electron chi connectivity index (χ0n) is 4.92. The van der Waals surface area contributed by atoms with Gasteiger partial charge in [-0.15, -0.1) is 0 Å². The van der Waals surface area contributed by atoms with Crippen LogP contribution in [-0.2, 0) is 0 Å². The highest BCUT2D eigenvalue weighted by Crippen LogP contribution is 1.92. The van der Waals surface area contributed by atoms with E-state index in [2.05, 4.69) is 9.98 Å². The van der Waals surface area contributed by atoms with Crippen molar-refractivity contribution in [2.45, 2.75) is 6.42 Å². The Balaban J connectivity index is 2.63. The fourth-order valence-corrected chi connectivity index (χ4v) is 0.667. The molecule has 0 aromatic heterocycles. The molecule has 0 unspecified atom stereocenters. The van der Waals surface area contributed by atoms with Crippen molar-refractivity contribution in [3.63, 3.8) is 0 Å². The summed E-state index contributed by atoms with van der Waals surface area (Å²) in [5.41, 5.74) is 0. The number of amidine groups is 1. The average molecular weight is 143 g/mol. The van der Waals surface area contributed by atoms with Crippen molar-refractivity contribution in [1.82, 2.24) is 0 Å². The average Bonchev–Trinajstić information content (AvgIpc) is 1.79. The number of hydrogen-bond donors (Lipinski definition) is 0. The molecule has 3 heteroatoms. The molecule has 1 heterocycles. The second kappa shape index (κ2) is 3.41. The van der Waals surface area contributed by atoms with Crippen LogP contribution in [0.2, 0.25) is 0 Å². The van der Waals surface area contributed by atoms with Crippen LogP contribution in [-0.4, -0.2) is 18.1 Å². The van der Waals surface area contributed by atoms with Gasteiger partial charge in [-0.2, -0.15) is 0 Å². The summed E-state index contributed by atoms with van der Waals surface area (Å²) in [7, 11) is 0. The van der Waals surface area contributed by atoms with E-state index >= 15 is 0 Å². The molecule has 1 rings (SSSR count). The Bertz CT molecular complexity index is 170. The predicted octanol–water partition coefficient (Wildman–Crippen LogP) is 1.61. The Morgan fingerprint density at radius 1 is 1.44 bits per heavy atom. The second-order valence-electron chi connectivity index (χ2n) is 1.63. The van der Waals surface area contributed by atoms with Gasteiger partial charge in [-0.1, -0.05) is 12.2 Å². The first-order valence-corrected chi connectivity index (χ1v) is 3.15. The smallest absolute Gasteiger partial charge is 0.217 e. The Labute approximate surface area is 59.0 Å². The lowest BCUT2D eigenvalue weighted by Gasteiger charge is -1.90. The molecular weight excluding hydrogens is 136 g/mol. The van der Waals surface area contributed by atoms with Gasteiger partial charge in [-0.25, -0.2) is 4.99 Å². The summed E-state index contributed by atoms with van der Waals surface area (Å²) in [5, 5.41) is 0.347. The Morgan fingerprint density at radius 3 is 3.22 bits per heavy atom. The maximum absolute atomic E-state index is 5.51. The summed E-state index contributed by atoms with van der Waals surface area (Å²) in [5.74, 6) is 0. The summed E-state index contributed by atoms with van der Waals surface area (Å²) in [4.78, 5) is 7.70. The molecule has 9 heavy (non-hydrogen) atoms. The molecule has 0 saturated carbocycles. The van der Waals surface area contributed by atoms with Crippen LogP contribution < -0.4 is 0 Å². The van der Waals surface area contributed by atoms with Crippen LogP contribution in [0.25, 0.3) is 0 Å². The number of nitrogens with zero attached hydrogens (tertiary/aromatic N) is 2. The summed E-state index contributed by atoms with van der Waals surface area (Å²) < 4.78 is 0. The molecule has 0 fully saturated rings. The monoisotopic (exact) mass is 142 g/mol. The maximum Gasteiger partial charge on any atom is 0.217 e. The maximum atomic E-state index is 5.51. The van der Waals surface area contributed by atoms with Crippen molar-refractivity contribution in [1.29, 1.82) is 0 Å². The molecular formula is C6H7ClN2. The molecule has 0 radical (unpaired) electrons. The van der Waals surface area contributed by atoms with Crippen molar-refractivity contribution in [3.05, 3.63) is 12.2 Å². The third-order valence-corrected chi connectivity index (χ3v) is 1.15. The highest BCUT2D eigenvalue weighted by molar-refractivity contribution is 6.65. The van der Waals surface area contributed by atoms with E-state index in [0.717, 1.165) is 6.42 Å². The Kier molecular flexibility index (Phi) is 2.46. The van der Waals surface area contributed by atoms with Gasteiger partial charge < -0.3 is 0 Å². The zero-order valence-corrected chi connectivity index (χ0v) is 5.67. The van der Waals surface area contributed by atoms with E-state index < -0.39 is 0 Å². The fourth-order valence-electron chi connectivity index (χ4n) is 0.529. The first-order valence-electron chi connectivity index (χ1n) is 2.77. The number of allylic oxidation sites excluding steroid dienone is 1. The van der Waals surface area contributed by atoms with E-state index in [1.54, 1.807) is 6.21 Å². The third kappa shape index (κ3) is 2.42. The largest absolute Gasteiger partial charge is 0.252 e. The summed E-state index contributed by atoms with van der Waals surface area (Å²) in [6.45, 7) is 0.649. The van der Waals surface area contributed by atoms with Gasteiger partial charge in [-0.05, 0) is 11.6 Å². The first kappa shape index (κ1) is 6.49. The lowest BCUT2D eigenvalue weighted by atomic mass is 10.4. The second-order valence-corrected chi connectivity index (χ2v) is 1.97. The van der Waals surface area contributed by atoms with Crippen molar-refractivity contribution in [3.8, 4) is 0 Å². The van der Waals surface area contributed by atoms with Crippen molar-refractivity contribution >= 4 is 23.1 Å². The predicted molar refractivity (Wildman–Crippen MR) is 40.4 cm³/mol. The quantitative estimate of drug-likeness (QED) is 0.363. The summed E-state index contributed by atoms with van der Waals surface area (Å²) >= 11 is 5.51. The molecule has 0 aliphatic carbocycles. The van der Waals surface area contributed by atoms with Gasteiger partial charge in [-0.3, -0.25) is 4.99 Å². The van der Waals surface area contributed by atoms with E-state index in [1.807, 2.05) is 12.2 Å². The lowest BCUT2D eigenvalue weighted by molar-refractivity contribution is 1.22. The normalized spacial score (nSPS) is 22.1. The minimum Gasteiger partial charge on any atom is -0.252 e. The molecule has 0 atom stereocenters. The molecule has 1 aliphatic rings. The summed E-state index contributed by atoms with van der Waals surface area (Å²) in [6, 6.07) is 0. The van der Waals surface area contributed by atoms with Crippen LogP contribution >= 0.6 is 11.6 Å². The molecule has 0 aromatic rings. The Morgan fingerprint density at radius 2 is 2.33 bits per heavy atom. The van der Waals surface area contributed by atoms with Gasteiger partial charge in [0.25, 0.3) is 0 Å². The lowest BCUT2D eigenvalue weighted by Crippen LogP contribution is -1.87. The number of halogens is 1. The molecule has 2 nitrogen and oxygen atoms in total. The number of aliphatic imine (C=N–C) groups is 2. The van der Waals surface area contributed by atoms with Gasteiger partial charge in [0, 0.05) is 12.6 Å². The SMILES string of the molecule is ClC1=NCC=CC/C=N\1. The van der Waals surface area contributed by atoms with Crippen molar-refractivity contribution in [2.75, 3.05) is 6.54 Å². The minimum absolute atomic E-state index is 0.347. The number of hydrogen-bond acceptors (Lipinski definition) is 2. The van der Waals surface area contributed by atoms with Crippen LogP contribution in [0, 0.1) is 0 Å². The molecule has 0 bridgehead atoms. The topological polar surface area (TPSA) is 24.7 Å². The van der Waals surface area contributed by atoms with Gasteiger partial charge in [0.2, 0.25) is 5.29 Å². The molecule has 0 aromatic carbocycles. The van der Waals surface area contributed by atoms with Crippen LogP contribution in [0.1, 0.15) is 6.42 Å². The van der Waals surface area contributed by atoms with Crippen LogP contribution in [0.4, 0.5) is 0 Å². The van der Waals surface area contributed by atoms with E-state index in [4.69, 9.17) is 11.6 Å². The number of rotatable bonds is 0. The standard InChI is InChI=1S/C6H7ClN2/c7-6-8-4-2-1-3-5-9-6/h1-2,5H,3-4H2/b2-1?,8-6?,9-5-. The van der Waals surface area contributed by atoms with Gasteiger partial charge in [0.05, 0.1) is 6.54 Å². The molecule has 1 aliphatic heterocycles. The molecule has 48 valence electrons. The third-order valence-electron chi connectivity index (χ3n) is 0.933. The Hall–Kier alpha value is -0.630. The van der Waals surface area contributed by atoms with Gasteiger partial charge >= 0.3 is 0 Å².